The van der Waals surface area contributed by atoms with Crippen LogP contribution in [0.3, 0.4) is 0 Å². The first-order chi connectivity index (χ1) is 8.85. The van der Waals surface area contributed by atoms with E-state index in [-0.39, 0.29) is 28.0 Å². The van der Waals surface area contributed by atoms with Crippen LogP contribution in [0, 0.1) is 11.7 Å². The van der Waals surface area contributed by atoms with E-state index in [4.69, 9.17) is 17.4 Å². The van der Waals surface area contributed by atoms with Gasteiger partial charge in [-0.2, -0.15) is 0 Å². The Bertz CT molecular complexity index is 597. The van der Waals surface area contributed by atoms with E-state index in [1.165, 1.54) is 0 Å². The van der Waals surface area contributed by atoms with Crippen molar-refractivity contribution in [2.24, 2.45) is 11.8 Å². The Hall–Kier alpha value is -0.210. The van der Waals surface area contributed by atoms with Gasteiger partial charge in [-0.25, -0.2) is 12.8 Å². The molecule has 19 heavy (non-hydrogen) atoms. The van der Waals surface area contributed by atoms with Crippen molar-refractivity contribution in [2.45, 2.75) is 12.5 Å². The lowest BCUT2D eigenvalue weighted by Gasteiger charge is -2.23. The van der Waals surface area contributed by atoms with Crippen molar-refractivity contribution in [3.05, 3.63) is 33.0 Å². The van der Waals surface area contributed by atoms with Crippen molar-refractivity contribution in [3.8, 4) is 0 Å². The van der Waals surface area contributed by atoms with Crippen LogP contribution in [0.15, 0.2) is 16.6 Å². The van der Waals surface area contributed by atoms with Crippen molar-refractivity contribution in [1.29, 1.82) is 0 Å². The van der Waals surface area contributed by atoms with Gasteiger partial charge < -0.3 is 0 Å². The molecule has 0 spiro atoms. The lowest BCUT2D eigenvalue weighted by Crippen LogP contribution is -2.34. The van der Waals surface area contributed by atoms with Gasteiger partial charge in [0, 0.05) is 10.0 Å². The predicted molar refractivity (Wildman–Crippen MR) is 75.9 cm³/mol. The fourth-order valence-corrected chi connectivity index (χ4v) is 4.67. The Morgan fingerprint density at radius 2 is 2.21 bits per heavy atom. The third-order valence-electron chi connectivity index (χ3n) is 3.32. The minimum atomic E-state index is -3.05. The number of nitrogens with one attached hydrogen (secondary N) is 1. The average molecular weight is 372 g/mol. The first-order valence-corrected chi connectivity index (χ1v) is 8.65. The number of hydrogen-bond acceptors (Lipinski definition) is 4. The molecule has 1 aliphatic heterocycles. The number of hydrogen-bond donors (Lipinski definition) is 2. The Morgan fingerprint density at radius 1 is 1.53 bits per heavy atom. The van der Waals surface area contributed by atoms with Crippen LogP contribution in [0.5, 0.6) is 0 Å². The van der Waals surface area contributed by atoms with Gasteiger partial charge in [0.2, 0.25) is 0 Å². The second-order valence-electron chi connectivity index (χ2n) is 4.57. The predicted octanol–water partition coefficient (Wildman–Crippen LogP) is 2.18. The molecule has 1 aromatic carbocycles. The highest BCUT2D eigenvalue weighted by Crippen LogP contribution is 2.36. The van der Waals surface area contributed by atoms with Crippen LogP contribution >= 0.6 is 27.5 Å². The Labute approximate surface area is 124 Å². The smallest absolute Gasteiger partial charge is 0.150 e. The minimum Gasteiger partial charge on any atom is -0.271 e. The second kappa shape index (κ2) is 5.65. The molecule has 2 rings (SSSR count). The lowest BCUT2D eigenvalue weighted by atomic mass is 9.93. The molecule has 0 aromatic heterocycles. The van der Waals surface area contributed by atoms with Gasteiger partial charge in [0.1, 0.15) is 5.82 Å². The summed E-state index contributed by atoms with van der Waals surface area (Å²) in [6.45, 7) is 0. The molecule has 1 fully saturated rings. The maximum Gasteiger partial charge on any atom is 0.150 e. The summed E-state index contributed by atoms with van der Waals surface area (Å²) in [7, 11) is -3.05. The van der Waals surface area contributed by atoms with Crippen LogP contribution < -0.4 is 11.3 Å². The van der Waals surface area contributed by atoms with Gasteiger partial charge in [-0.05, 0) is 34.3 Å². The summed E-state index contributed by atoms with van der Waals surface area (Å²) < 4.78 is 37.6. The van der Waals surface area contributed by atoms with E-state index >= 15 is 0 Å². The van der Waals surface area contributed by atoms with Crippen LogP contribution in [0.1, 0.15) is 18.0 Å². The van der Waals surface area contributed by atoms with Gasteiger partial charge in [-0.1, -0.05) is 17.7 Å². The normalized spacial score (nSPS) is 23.5. The zero-order valence-corrected chi connectivity index (χ0v) is 13.0. The molecule has 1 heterocycles. The fraction of sp³-hybridized carbons (Fsp3) is 0.455. The molecule has 4 nitrogen and oxygen atoms in total. The SMILES string of the molecule is NNC(c1ccc(Br)c(Cl)c1F)C1CCS(=O)(=O)C1. The summed E-state index contributed by atoms with van der Waals surface area (Å²) in [6, 6.07) is 2.61. The quantitative estimate of drug-likeness (QED) is 0.485. The number of benzene rings is 1. The van der Waals surface area contributed by atoms with E-state index in [0.717, 1.165) is 0 Å². The Balaban J connectivity index is 2.36. The van der Waals surface area contributed by atoms with E-state index in [1.54, 1.807) is 12.1 Å². The van der Waals surface area contributed by atoms with Crippen molar-refractivity contribution in [3.63, 3.8) is 0 Å². The van der Waals surface area contributed by atoms with Crippen LogP contribution in [0.2, 0.25) is 5.02 Å². The standard InChI is InChI=1S/C11H13BrClFN2O2S/c12-8-2-1-7(10(14)9(8)13)11(16-15)6-3-4-19(17,18)5-6/h1-2,6,11,16H,3-5,15H2. The van der Waals surface area contributed by atoms with Crippen LogP contribution in [0.4, 0.5) is 4.39 Å². The third kappa shape index (κ3) is 3.11. The maximum absolute atomic E-state index is 14.1. The monoisotopic (exact) mass is 370 g/mol. The van der Waals surface area contributed by atoms with Gasteiger partial charge in [0.15, 0.2) is 9.84 Å². The summed E-state index contributed by atoms with van der Waals surface area (Å²) in [5.41, 5.74) is 2.80. The van der Waals surface area contributed by atoms with Crippen molar-refractivity contribution in [2.75, 3.05) is 11.5 Å². The number of nitrogens with two attached hydrogens (primary N) is 1. The van der Waals surface area contributed by atoms with Crippen LogP contribution in [-0.2, 0) is 9.84 Å². The fourth-order valence-electron chi connectivity index (χ4n) is 2.35. The molecule has 1 saturated heterocycles. The lowest BCUT2D eigenvalue weighted by molar-refractivity contribution is 0.386. The molecular formula is C11H13BrClFN2O2S. The molecule has 1 aliphatic rings. The molecule has 0 amide bonds. The van der Waals surface area contributed by atoms with E-state index < -0.39 is 21.7 Å². The first kappa shape index (κ1) is 15.2. The second-order valence-corrected chi connectivity index (χ2v) is 8.03. The molecule has 1 aromatic rings. The van der Waals surface area contributed by atoms with E-state index in [2.05, 4.69) is 21.4 Å². The number of halogens is 3. The zero-order valence-electron chi connectivity index (χ0n) is 9.87. The van der Waals surface area contributed by atoms with Gasteiger partial charge in [-0.3, -0.25) is 11.3 Å². The van der Waals surface area contributed by atoms with E-state index in [0.29, 0.717) is 10.9 Å². The average Bonchev–Trinajstić information content (AvgIpc) is 2.70. The molecule has 3 N–H and O–H groups in total. The van der Waals surface area contributed by atoms with Crippen molar-refractivity contribution >= 4 is 37.4 Å². The molecule has 2 atom stereocenters. The van der Waals surface area contributed by atoms with E-state index in [1.807, 2.05) is 0 Å². The summed E-state index contributed by atoms with van der Waals surface area (Å²) in [5, 5.41) is -0.0291. The van der Waals surface area contributed by atoms with Gasteiger partial charge in [-0.15, -0.1) is 0 Å². The first-order valence-electron chi connectivity index (χ1n) is 5.65. The third-order valence-corrected chi connectivity index (χ3v) is 6.37. The molecule has 0 bridgehead atoms. The molecule has 2 unspecified atom stereocenters. The number of rotatable bonds is 3. The van der Waals surface area contributed by atoms with Crippen molar-refractivity contribution < 1.29 is 12.8 Å². The highest BCUT2D eigenvalue weighted by atomic mass is 79.9. The highest BCUT2D eigenvalue weighted by Gasteiger charge is 2.35. The summed E-state index contributed by atoms with van der Waals surface area (Å²) >= 11 is 8.97. The molecular weight excluding hydrogens is 359 g/mol. The Kier molecular flexibility index (Phi) is 4.52. The molecule has 8 heteroatoms. The summed E-state index contributed by atoms with van der Waals surface area (Å²) in [5.74, 6) is 4.76. The Morgan fingerprint density at radius 3 is 2.74 bits per heavy atom. The van der Waals surface area contributed by atoms with Gasteiger partial charge >= 0.3 is 0 Å². The summed E-state index contributed by atoms with van der Waals surface area (Å²) in [6.07, 6.45) is 0.463. The number of sulfone groups is 1. The summed E-state index contributed by atoms with van der Waals surface area (Å²) in [4.78, 5) is 0. The van der Waals surface area contributed by atoms with E-state index in [9.17, 15) is 12.8 Å². The zero-order chi connectivity index (χ0) is 14.2. The highest BCUT2D eigenvalue weighted by molar-refractivity contribution is 9.10. The van der Waals surface area contributed by atoms with Gasteiger partial charge in [0.25, 0.3) is 0 Å². The largest absolute Gasteiger partial charge is 0.271 e. The maximum atomic E-state index is 14.1. The molecule has 0 aliphatic carbocycles. The van der Waals surface area contributed by atoms with Crippen LogP contribution in [0.25, 0.3) is 0 Å². The van der Waals surface area contributed by atoms with Crippen LogP contribution in [-0.4, -0.2) is 19.9 Å². The number of hydrazine groups is 1. The minimum absolute atomic E-state index is 0.00892. The molecule has 106 valence electrons. The molecule has 0 saturated carbocycles. The topological polar surface area (TPSA) is 72.2 Å². The van der Waals surface area contributed by atoms with Crippen molar-refractivity contribution in [1.82, 2.24) is 5.43 Å². The molecule has 0 radical (unpaired) electrons. The van der Waals surface area contributed by atoms with Gasteiger partial charge in [0.05, 0.1) is 22.6 Å².